The molecule has 0 aromatic carbocycles. The molecule has 0 bridgehead atoms. The van der Waals surface area contributed by atoms with Crippen molar-refractivity contribution in [2.45, 2.75) is 60.0 Å². The van der Waals surface area contributed by atoms with E-state index in [0.29, 0.717) is 17.5 Å². The molecule has 92 valence electrons. The quantitative estimate of drug-likeness (QED) is 0.731. The van der Waals surface area contributed by atoms with Crippen molar-refractivity contribution in [3.63, 3.8) is 0 Å². The molecule has 1 atom stereocenters. The van der Waals surface area contributed by atoms with Crippen LogP contribution in [0.5, 0.6) is 0 Å². The van der Waals surface area contributed by atoms with Crippen molar-refractivity contribution >= 4 is 0 Å². The van der Waals surface area contributed by atoms with E-state index >= 15 is 0 Å². The molecule has 0 aliphatic carbocycles. The van der Waals surface area contributed by atoms with Crippen LogP contribution in [0.25, 0.3) is 0 Å². The summed E-state index contributed by atoms with van der Waals surface area (Å²) in [6, 6.07) is 1.26. The maximum absolute atomic E-state index is 3.47. The summed E-state index contributed by atoms with van der Waals surface area (Å²) in [5, 5.41) is 3.47. The van der Waals surface area contributed by atoms with Crippen molar-refractivity contribution in [3.05, 3.63) is 0 Å². The number of hydrogen-bond donors (Lipinski definition) is 1. The molecule has 0 aliphatic rings. The Labute approximate surface area is 96.4 Å². The van der Waals surface area contributed by atoms with Crippen LogP contribution in [0.2, 0.25) is 0 Å². The van der Waals surface area contributed by atoms with E-state index in [1.165, 1.54) is 6.42 Å². The Bertz CT molecular complexity index is 158. The van der Waals surface area contributed by atoms with E-state index in [1.54, 1.807) is 0 Å². The third-order valence-electron chi connectivity index (χ3n) is 2.59. The monoisotopic (exact) mass is 214 g/mol. The summed E-state index contributed by atoms with van der Waals surface area (Å²) in [7, 11) is 2.23. The normalized spacial score (nSPS) is 15.0. The number of nitrogens with one attached hydrogen (secondary N) is 1. The number of hydrogen-bond acceptors (Lipinski definition) is 2. The smallest absolute Gasteiger partial charge is 0.00761 e. The van der Waals surface area contributed by atoms with Crippen molar-refractivity contribution in [3.8, 4) is 0 Å². The summed E-state index contributed by atoms with van der Waals surface area (Å²) in [5.74, 6) is 0. The van der Waals surface area contributed by atoms with Gasteiger partial charge in [0.05, 0.1) is 0 Å². The lowest BCUT2D eigenvalue weighted by atomic mass is 9.95. The van der Waals surface area contributed by atoms with Crippen LogP contribution in [0.4, 0.5) is 0 Å². The summed E-state index contributed by atoms with van der Waals surface area (Å²) in [4.78, 5) is 2.46. The molecule has 0 aromatic heterocycles. The molecule has 2 nitrogen and oxygen atoms in total. The minimum Gasteiger partial charge on any atom is -0.314 e. The van der Waals surface area contributed by atoms with Crippen molar-refractivity contribution in [1.82, 2.24) is 10.2 Å². The van der Waals surface area contributed by atoms with Crippen molar-refractivity contribution < 1.29 is 0 Å². The number of rotatable bonds is 6. The minimum absolute atomic E-state index is 0.397. The Balaban J connectivity index is 3.74. The van der Waals surface area contributed by atoms with Crippen molar-refractivity contribution in [2.75, 3.05) is 20.1 Å². The van der Waals surface area contributed by atoms with E-state index in [1.807, 2.05) is 0 Å². The van der Waals surface area contributed by atoms with E-state index in [-0.39, 0.29) is 0 Å². The molecular formula is C13H30N2. The fourth-order valence-corrected chi connectivity index (χ4v) is 1.71. The van der Waals surface area contributed by atoms with Crippen LogP contribution < -0.4 is 5.32 Å². The van der Waals surface area contributed by atoms with Gasteiger partial charge in [-0.1, -0.05) is 34.6 Å². The predicted molar refractivity (Wildman–Crippen MR) is 69.3 cm³/mol. The highest BCUT2D eigenvalue weighted by atomic mass is 15.1. The highest BCUT2D eigenvalue weighted by Crippen LogP contribution is 2.16. The first-order chi connectivity index (χ1) is 6.72. The lowest BCUT2D eigenvalue weighted by Gasteiger charge is -2.31. The lowest BCUT2D eigenvalue weighted by Crippen LogP contribution is -2.38. The van der Waals surface area contributed by atoms with Crippen LogP contribution in [-0.2, 0) is 0 Å². The molecule has 1 N–H and O–H groups in total. The fourth-order valence-electron chi connectivity index (χ4n) is 1.71. The summed E-state index contributed by atoms with van der Waals surface area (Å²) in [6.07, 6.45) is 1.23. The Morgan fingerprint density at radius 2 is 1.67 bits per heavy atom. The maximum Gasteiger partial charge on any atom is 0.00761 e. The molecule has 2 heteroatoms. The van der Waals surface area contributed by atoms with Gasteiger partial charge in [0.2, 0.25) is 0 Å². The van der Waals surface area contributed by atoms with Gasteiger partial charge in [0.15, 0.2) is 0 Å². The average Bonchev–Trinajstić information content (AvgIpc) is 1.99. The zero-order valence-corrected chi connectivity index (χ0v) is 11.7. The first-order valence-corrected chi connectivity index (χ1v) is 6.16. The topological polar surface area (TPSA) is 15.3 Å². The van der Waals surface area contributed by atoms with Crippen LogP contribution in [0.15, 0.2) is 0 Å². The van der Waals surface area contributed by atoms with Crippen LogP contribution in [0.3, 0.4) is 0 Å². The van der Waals surface area contributed by atoms with Crippen LogP contribution in [-0.4, -0.2) is 37.1 Å². The van der Waals surface area contributed by atoms with Gasteiger partial charge in [-0.3, -0.25) is 0 Å². The third kappa shape index (κ3) is 8.88. The zero-order chi connectivity index (χ0) is 12.1. The van der Waals surface area contributed by atoms with Crippen LogP contribution in [0.1, 0.15) is 48.0 Å². The zero-order valence-electron chi connectivity index (χ0n) is 11.7. The van der Waals surface area contributed by atoms with Gasteiger partial charge in [-0.05, 0) is 32.4 Å². The summed E-state index contributed by atoms with van der Waals surface area (Å²) in [6.45, 7) is 15.9. The van der Waals surface area contributed by atoms with Crippen LogP contribution >= 0.6 is 0 Å². The standard InChI is InChI=1S/C13H30N2/c1-11(2)14-9-8-12(3)15(7)10-13(4,5)6/h11-12,14H,8-10H2,1-7H3. The Hall–Kier alpha value is -0.0800. The minimum atomic E-state index is 0.397. The molecule has 0 amide bonds. The second-order valence-electron chi connectivity index (χ2n) is 6.22. The van der Waals surface area contributed by atoms with E-state index in [4.69, 9.17) is 0 Å². The molecule has 0 heterocycles. The highest BCUT2D eigenvalue weighted by Gasteiger charge is 2.17. The molecule has 0 aromatic rings. The molecule has 15 heavy (non-hydrogen) atoms. The molecule has 0 saturated carbocycles. The van der Waals surface area contributed by atoms with E-state index in [9.17, 15) is 0 Å². The third-order valence-corrected chi connectivity index (χ3v) is 2.59. The summed E-state index contributed by atoms with van der Waals surface area (Å²) in [5.41, 5.74) is 0.397. The fraction of sp³-hybridized carbons (Fsp3) is 1.00. The molecule has 1 unspecified atom stereocenters. The first kappa shape index (κ1) is 14.9. The molecule has 0 spiro atoms. The number of nitrogens with zero attached hydrogens (tertiary/aromatic N) is 1. The molecule has 0 radical (unpaired) electrons. The maximum atomic E-state index is 3.47. The Morgan fingerprint density at radius 1 is 1.13 bits per heavy atom. The summed E-state index contributed by atoms with van der Waals surface area (Å²) >= 11 is 0. The molecule has 0 fully saturated rings. The van der Waals surface area contributed by atoms with Gasteiger partial charge >= 0.3 is 0 Å². The summed E-state index contributed by atoms with van der Waals surface area (Å²) < 4.78 is 0. The lowest BCUT2D eigenvalue weighted by molar-refractivity contribution is 0.173. The second kappa shape index (κ2) is 6.49. The van der Waals surface area contributed by atoms with E-state index < -0.39 is 0 Å². The van der Waals surface area contributed by atoms with E-state index in [2.05, 4.69) is 58.8 Å². The first-order valence-electron chi connectivity index (χ1n) is 6.16. The molecule has 0 rings (SSSR count). The Morgan fingerprint density at radius 3 is 2.07 bits per heavy atom. The van der Waals surface area contributed by atoms with Gasteiger partial charge in [-0.15, -0.1) is 0 Å². The molecular weight excluding hydrogens is 184 g/mol. The van der Waals surface area contributed by atoms with Crippen molar-refractivity contribution in [2.24, 2.45) is 5.41 Å². The average molecular weight is 214 g/mol. The van der Waals surface area contributed by atoms with Crippen molar-refractivity contribution in [1.29, 1.82) is 0 Å². The molecule has 0 saturated heterocycles. The van der Waals surface area contributed by atoms with Gasteiger partial charge in [0.25, 0.3) is 0 Å². The van der Waals surface area contributed by atoms with Gasteiger partial charge in [-0.25, -0.2) is 0 Å². The van der Waals surface area contributed by atoms with E-state index in [0.717, 1.165) is 13.1 Å². The highest BCUT2D eigenvalue weighted by molar-refractivity contribution is 4.72. The van der Waals surface area contributed by atoms with Gasteiger partial charge < -0.3 is 10.2 Å². The van der Waals surface area contributed by atoms with Crippen LogP contribution in [0, 0.1) is 5.41 Å². The SMILES string of the molecule is CC(C)NCCC(C)N(C)CC(C)(C)C. The molecule has 0 aliphatic heterocycles. The second-order valence-corrected chi connectivity index (χ2v) is 6.22. The Kier molecular flexibility index (Phi) is 6.46. The van der Waals surface area contributed by atoms with Gasteiger partial charge in [0, 0.05) is 18.6 Å². The van der Waals surface area contributed by atoms with Gasteiger partial charge in [0.1, 0.15) is 0 Å². The predicted octanol–water partition coefficient (Wildman–Crippen LogP) is 2.74. The largest absolute Gasteiger partial charge is 0.314 e. The van der Waals surface area contributed by atoms with Gasteiger partial charge in [-0.2, -0.15) is 0 Å².